The fourth-order valence-corrected chi connectivity index (χ4v) is 6.74. The standard InChI is InChI=1S/C30H28ClF3N2O2/c1-29(34)11-10-17-20(29)13-18(28(37)35-2)25(27(17)33)24-19-15-30(23-9-6-12-36-23,16-7-4-3-5-8-16)38-22(19)14-21(32)26(24)31/h3-5,7-8,13-14,23,36H,6,9-12,15H2,1-2H3,(H,35,37)/t23-,29?,30-/m0/s1. The van der Waals surface area contributed by atoms with Gasteiger partial charge in [-0.25, -0.2) is 13.2 Å². The molecular weight excluding hydrogens is 513 g/mol. The van der Waals surface area contributed by atoms with Gasteiger partial charge in [-0.1, -0.05) is 41.9 Å². The number of fused-ring (bicyclic) bond motifs is 2. The van der Waals surface area contributed by atoms with Crippen LogP contribution in [0.1, 0.15) is 58.8 Å². The maximum Gasteiger partial charge on any atom is 0.251 e. The molecule has 3 atom stereocenters. The molecule has 8 heteroatoms. The first kappa shape index (κ1) is 25.3. The van der Waals surface area contributed by atoms with E-state index >= 15 is 13.2 Å². The SMILES string of the molecule is CNC(=O)c1cc2c(c(F)c1-c1c(Cl)c(F)cc3c1C[C@](c1ccccc1)([C@@H]1CCCN1)O3)CCC2(C)F. The highest BCUT2D eigenvalue weighted by atomic mass is 35.5. The number of rotatable bonds is 4. The van der Waals surface area contributed by atoms with E-state index in [9.17, 15) is 4.79 Å². The van der Waals surface area contributed by atoms with Gasteiger partial charge in [-0.3, -0.25) is 4.79 Å². The van der Waals surface area contributed by atoms with Crippen molar-refractivity contribution in [1.29, 1.82) is 0 Å². The minimum Gasteiger partial charge on any atom is -0.480 e. The summed E-state index contributed by atoms with van der Waals surface area (Å²) >= 11 is 6.59. The number of carbonyl (C=O) groups is 1. The molecule has 0 spiro atoms. The number of hydrogen-bond donors (Lipinski definition) is 2. The Morgan fingerprint density at radius 3 is 2.61 bits per heavy atom. The molecule has 1 aliphatic carbocycles. The molecular formula is C30H28ClF3N2O2. The summed E-state index contributed by atoms with van der Waals surface area (Å²) in [6, 6.07) is 12.3. The van der Waals surface area contributed by atoms with Crippen LogP contribution >= 0.6 is 11.6 Å². The molecule has 2 heterocycles. The van der Waals surface area contributed by atoms with Crippen molar-refractivity contribution < 1.29 is 22.7 Å². The lowest BCUT2D eigenvalue weighted by molar-refractivity contribution is 0.0539. The number of halogens is 4. The Labute approximate surface area is 224 Å². The lowest BCUT2D eigenvalue weighted by atomic mass is 9.80. The van der Waals surface area contributed by atoms with Crippen LogP contribution in [0.3, 0.4) is 0 Å². The number of ether oxygens (including phenoxy) is 1. The molecule has 0 radical (unpaired) electrons. The molecule has 0 saturated carbocycles. The van der Waals surface area contributed by atoms with E-state index in [1.165, 1.54) is 26.1 Å². The van der Waals surface area contributed by atoms with E-state index < -0.39 is 28.8 Å². The number of hydrogen-bond acceptors (Lipinski definition) is 3. The number of alkyl halides is 1. The molecule has 6 rings (SSSR count). The molecule has 1 fully saturated rings. The second-order valence-electron chi connectivity index (χ2n) is 10.6. The third-order valence-corrected chi connectivity index (χ3v) is 8.77. The number of carbonyl (C=O) groups excluding carboxylic acids is 1. The molecule has 2 aliphatic heterocycles. The number of nitrogens with one attached hydrogen (secondary N) is 2. The van der Waals surface area contributed by atoms with Gasteiger partial charge < -0.3 is 15.4 Å². The highest BCUT2D eigenvalue weighted by molar-refractivity contribution is 6.34. The Bertz CT molecular complexity index is 1450. The van der Waals surface area contributed by atoms with Crippen LogP contribution in [0.4, 0.5) is 13.2 Å². The molecule has 1 unspecified atom stereocenters. The topological polar surface area (TPSA) is 50.4 Å². The maximum atomic E-state index is 16.4. The molecule has 3 aromatic rings. The van der Waals surface area contributed by atoms with Gasteiger partial charge in [0.1, 0.15) is 23.1 Å². The van der Waals surface area contributed by atoms with E-state index in [2.05, 4.69) is 10.6 Å². The van der Waals surface area contributed by atoms with Crippen LogP contribution in [-0.2, 0) is 24.1 Å². The molecule has 4 nitrogen and oxygen atoms in total. The Morgan fingerprint density at radius 2 is 1.92 bits per heavy atom. The largest absolute Gasteiger partial charge is 0.480 e. The maximum absolute atomic E-state index is 16.4. The summed E-state index contributed by atoms with van der Waals surface area (Å²) in [7, 11) is 1.42. The van der Waals surface area contributed by atoms with E-state index in [0.717, 1.165) is 24.9 Å². The normalized spacial score (nSPS) is 25.7. The highest BCUT2D eigenvalue weighted by Crippen LogP contribution is 2.53. The van der Waals surface area contributed by atoms with Crippen molar-refractivity contribution >= 4 is 17.5 Å². The zero-order chi connectivity index (χ0) is 26.8. The van der Waals surface area contributed by atoms with Gasteiger partial charge in [0.15, 0.2) is 5.60 Å². The third-order valence-electron chi connectivity index (χ3n) is 8.40. The molecule has 3 aromatic carbocycles. The van der Waals surface area contributed by atoms with Crippen molar-refractivity contribution in [3.63, 3.8) is 0 Å². The number of amides is 1. The lowest BCUT2D eigenvalue weighted by Gasteiger charge is -2.35. The van der Waals surface area contributed by atoms with E-state index in [-0.39, 0.29) is 57.5 Å². The van der Waals surface area contributed by atoms with Crippen LogP contribution in [-0.4, -0.2) is 25.5 Å². The third kappa shape index (κ3) is 3.66. The second-order valence-corrected chi connectivity index (χ2v) is 11.0. The van der Waals surface area contributed by atoms with Crippen molar-refractivity contribution in [1.82, 2.24) is 10.6 Å². The first-order chi connectivity index (χ1) is 18.2. The van der Waals surface area contributed by atoms with Crippen LogP contribution in [0, 0.1) is 11.6 Å². The summed E-state index contributed by atoms with van der Waals surface area (Å²) in [5, 5.41) is 5.75. The van der Waals surface area contributed by atoms with Crippen molar-refractivity contribution in [3.05, 3.63) is 86.9 Å². The van der Waals surface area contributed by atoms with Gasteiger partial charge in [0.05, 0.1) is 16.6 Å². The van der Waals surface area contributed by atoms with E-state index in [4.69, 9.17) is 16.3 Å². The van der Waals surface area contributed by atoms with Crippen molar-refractivity contribution in [2.45, 2.75) is 56.3 Å². The summed E-state index contributed by atoms with van der Waals surface area (Å²) in [6.45, 7) is 2.21. The summed E-state index contributed by atoms with van der Waals surface area (Å²) in [6.07, 6.45) is 2.37. The monoisotopic (exact) mass is 540 g/mol. The van der Waals surface area contributed by atoms with Crippen LogP contribution in [0.2, 0.25) is 5.02 Å². The smallest absolute Gasteiger partial charge is 0.251 e. The van der Waals surface area contributed by atoms with Gasteiger partial charge in [0.25, 0.3) is 5.91 Å². The lowest BCUT2D eigenvalue weighted by Crippen LogP contribution is -2.48. The van der Waals surface area contributed by atoms with Gasteiger partial charge in [0, 0.05) is 36.2 Å². The molecule has 38 heavy (non-hydrogen) atoms. The first-order valence-electron chi connectivity index (χ1n) is 12.9. The minimum atomic E-state index is -1.77. The Hall–Kier alpha value is -3.03. The quantitative estimate of drug-likeness (QED) is 0.405. The van der Waals surface area contributed by atoms with Crippen molar-refractivity contribution in [2.24, 2.45) is 0 Å². The van der Waals surface area contributed by atoms with Crippen LogP contribution in [0.5, 0.6) is 5.75 Å². The summed E-state index contributed by atoms with van der Waals surface area (Å²) in [5.74, 6) is -1.86. The van der Waals surface area contributed by atoms with Gasteiger partial charge in [-0.15, -0.1) is 0 Å². The Morgan fingerprint density at radius 1 is 1.16 bits per heavy atom. The molecule has 2 N–H and O–H groups in total. The molecule has 0 aromatic heterocycles. The van der Waals surface area contributed by atoms with Gasteiger partial charge >= 0.3 is 0 Å². The molecule has 1 amide bonds. The first-order valence-corrected chi connectivity index (χ1v) is 13.3. The van der Waals surface area contributed by atoms with Gasteiger partial charge in [-0.05, 0) is 61.9 Å². The van der Waals surface area contributed by atoms with Crippen molar-refractivity contribution in [2.75, 3.05) is 13.6 Å². The fraction of sp³-hybridized carbons (Fsp3) is 0.367. The predicted octanol–water partition coefficient (Wildman–Crippen LogP) is 6.36. The highest BCUT2D eigenvalue weighted by Gasteiger charge is 2.50. The summed E-state index contributed by atoms with van der Waals surface area (Å²) in [4.78, 5) is 13.0. The van der Waals surface area contributed by atoms with E-state index in [0.29, 0.717) is 12.0 Å². The Kier molecular flexibility index (Phi) is 6.00. The summed E-state index contributed by atoms with van der Waals surface area (Å²) in [5.41, 5.74) is -0.984. The average molecular weight is 541 g/mol. The van der Waals surface area contributed by atoms with Crippen LogP contribution in [0.15, 0.2) is 42.5 Å². The van der Waals surface area contributed by atoms with Crippen molar-refractivity contribution in [3.8, 4) is 16.9 Å². The van der Waals surface area contributed by atoms with E-state index in [1.54, 1.807) is 0 Å². The molecule has 0 bridgehead atoms. The zero-order valence-corrected chi connectivity index (χ0v) is 21.9. The average Bonchev–Trinajstić information content (AvgIpc) is 3.64. The molecule has 198 valence electrons. The van der Waals surface area contributed by atoms with Gasteiger partial charge in [-0.2, -0.15) is 0 Å². The fourth-order valence-electron chi connectivity index (χ4n) is 6.48. The number of benzene rings is 3. The Balaban J connectivity index is 1.61. The summed E-state index contributed by atoms with van der Waals surface area (Å²) < 4.78 is 53.7. The molecule has 3 aliphatic rings. The van der Waals surface area contributed by atoms with Gasteiger partial charge in [0.2, 0.25) is 0 Å². The second kappa shape index (κ2) is 9.02. The minimum absolute atomic E-state index is 0.0671. The zero-order valence-electron chi connectivity index (χ0n) is 21.2. The van der Waals surface area contributed by atoms with E-state index in [1.807, 2.05) is 30.3 Å². The predicted molar refractivity (Wildman–Crippen MR) is 140 cm³/mol. The molecule has 1 saturated heterocycles. The van der Waals surface area contributed by atoms with Crippen LogP contribution in [0.25, 0.3) is 11.1 Å². The van der Waals surface area contributed by atoms with Crippen LogP contribution < -0.4 is 15.4 Å².